The molecule has 2 aromatic carbocycles. The van der Waals surface area contributed by atoms with Gasteiger partial charge in [-0.05, 0) is 54.5 Å². The highest BCUT2D eigenvalue weighted by Gasteiger charge is 2.10. The first-order chi connectivity index (χ1) is 12.4. The van der Waals surface area contributed by atoms with Gasteiger partial charge in [-0.2, -0.15) is 0 Å². The lowest BCUT2D eigenvalue weighted by Crippen LogP contribution is -2.35. The molecule has 0 unspecified atom stereocenters. The Morgan fingerprint density at radius 3 is 2.23 bits per heavy atom. The second-order valence-electron chi connectivity index (χ2n) is 5.69. The van der Waals surface area contributed by atoms with Crippen LogP contribution in [0.5, 0.6) is 0 Å². The summed E-state index contributed by atoms with van der Waals surface area (Å²) in [6, 6.07) is 12.5. The first-order valence-corrected chi connectivity index (χ1v) is 8.92. The maximum atomic E-state index is 12.1. The Labute approximate surface area is 163 Å². The minimum absolute atomic E-state index is 0.0657. The van der Waals surface area contributed by atoms with Gasteiger partial charge in [0.2, 0.25) is 11.8 Å². The Morgan fingerprint density at radius 2 is 1.62 bits per heavy atom. The molecular formula is C19H20ClN3O2S. The van der Waals surface area contributed by atoms with Crippen LogP contribution in [0.15, 0.2) is 42.5 Å². The summed E-state index contributed by atoms with van der Waals surface area (Å²) in [4.78, 5) is 23.7. The molecule has 0 spiro atoms. The van der Waals surface area contributed by atoms with Gasteiger partial charge in [0, 0.05) is 22.8 Å². The second-order valence-corrected chi connectivity index (χ2v) is 6.53. The van der Waals surface area contributed by atoms with Gasteiger partial charge in [0.05, 0.1) is 6.42 Å². The monoisotopic (exact) mass is 389 g/mol. The van der Waals surface area contributed by atoms with Crippen molar-refractivity contribution in [2.24, 2.45) is 0 Å². The molecule has 136 valence electrons. The fourth-order valence-electron chi connectivity index (χ4n) is 2.26. The number of carbonyl (C=O) groups excluding carboxylic acids is 2. The molecule has 0 saturated carbocycles. The quantitative estimate of drug-likeness (QED) is 0.674. The van der Waals surface area contributed by atoms with E-state index < -0.39 is 0 Å². The molecule has 0 aromatic heterocycles. The van der Waals surface area contributed by atoms with Crippen LogP contribution in [-0.2, 0) is 16.0 Å². The summed E-state index contributed by atoms with van der Waals surface area (Å²) in [5.74, 6) is -0.290. The van der Waals surface area contributed by atoms with E-state index in [1.807, 2.05) is 19.1 Å². The van der Waals surface area contributed by atoms with E-state index in [9.17, 15) is 9.59 Å². The van der Waals surface area contributed by atoms with Gasteiger partial charge in [-0.1, -0.05) is 36.7 Å². The Morgan fingerprint density at radius 1 is 1.00 bits per heavy atom. The van der Waals surface area contributed by atoms with Crippen LogP contribution in [0.25, 0.3) is 0 Å². The number of amides is 2. The largest absolute Gasteiger partial charge is 0.332 e. The first-order valence-electron chi connectivity index (χ1n) is 8.13. The molecule has 26 heavy (non-hydrogen) atoms. The Balaban J connectivity index is 1.96. The smallest absolute Gasteiger partial charge is 0.230 e. The van der Waals surface area contributed by atoms with Crippen molar-refractivity contribution in [2.75, 3.05) is 10.6 Å². The van der Waals surface area contributed by atoms with E-state index in [1.54, 1.807) is 37.3 Å². The van der Waals surface area contributed by atoms with Crippen LogP contribution < -0.4 is 16.0 Å². The van der Waals surface area contributed by atoms with E-state index in [0.717, 1.165) is 16.8 Å². The van der Waals surface area contributed by atoms with E-state index in [4.69, 9.17) is 23.8 Å². The molecule has 2 rings (SSSR count). The number of carbonyl (C=O) groups is 2. The summed E-state index contributed by atoms with van der Waals surface area (Å²) in [7, 11) is 0. The standard InChI is InChI=1S/C19H20ClN3O2S/c1-3-17(24)21-15-5-4-6-16(12(15)2)22-19(26)23-18(25)11-13-7-9-14(20)10-8-13/h4-10H,3,11H2,1-2H3,(H,21,24)(H2,22,23,25,26). The highest BCUT2D eigenvalue weighted by molar-refractivity contribution is 7.80. The van der Waals surface area contributed by atoms with E-state index >= 15 is 0 Å². The molecule has 3 N–H and O–H groups in total. The average molecular weight is 390 g/mol. The molecule has 2 amide bonds. The number of rotatable bonds is 5. The molecule has 0 fully saturated rings. The summed E-state index contributed by atoms with van der Waals surface area (Å²) in [6.07, 6.45) is 0.598. The van der Waals surface area contributed by atoms with Gasteiger partial charge in [-0.3, -0.25) is 9.59 Å². The molecule has 0 aliphatic rings. The van der Waals surface area contributed by atoms with Crippen LogP contribution in [0, 0.1) is 6.92 Å². The maximum Gasteiger partial charge on any atom is 0.230 e. The summed E-state index contributed by atoms with van der Waals surface area (Å²) >= 11 is 11.0. The number of thiocarbonyl (C=S) groups is 1. The van der Waals surface area contributed by atoms with Crippen LogP contribution in [0.3, 0.4) is 0 Å². The van der Waals surface area contributed by atoms with Crippen LogP contribution >= 0.6 is 23.8 Å². The Hall–Kier alpha value is -2.44. The molecule has 0 atom stereocenters. The zero-order valence-corrected chi connectivity index (χ0v) is 16.1. The third-order valence-corrected chi connectivity index (χ3v) is 4.16. The predicted octanol–water partition coefficient (Wildman–Crippen LogP) is 4.05. The first kappa shape index (κ1) is 19.9. The number of hydrogen-bond acceptors (Lipinski definition) is 3. The summed E-state index contributed by atoms with van der Waals surface area (Å²) in [5, 5.41) is 9.30. The minimum Gasteiger partial charge on any atom is -0.332 e. The van der Waals surface area contributed by atoms with Gasteiger partial charge >= 0.3 is 0 Å². The van der Waals surface area contributed by atoms with Gasteiger partial charge in [-0.25, -0.2) is 0 Å². The number of hydrogen-bond donors (Lipinski definition) is 3. The van der Waals surface area contributed by atoms with Crippen LogP contribution in [0.1, 0.15) is 24.5 Å². The molecule has 5 nitrogen and oxygen atoms in total. The molecular weight excluding hydrogens is 370 g/mol. The Bertz CT molecular complexity index is 822. The Kier molecular flexibility index (Phi) is 7.12. The van der Waals surface area contributed by atoms with E-state index in [0.29, 0.717) is 17.1 Å². The number of benzene rings is 2. The molecule has 0 radical (unpaired) electrons. The van der Waals surface area contributed by atoms with E-state index in [-0.39, 0.29) is 23.3 Å². The summed E-state index contributed by atoms with van der Waals surface area (Å²) in [5.41, 5.74) is 3.10. The van der Waals surface area contributed by atoms with Crippen molar-refractivity contribution in [1.82, 2.24) is 5.32 Å². The highest BCUT2D eigenvalue weighted by atomic mass is 35.5. The fourth-order valence-corrected chi connectivity index (χ4v) is 2.61. The summed E-state index contributed by atoms with van der Waals surface area (Å²) in [6.45, 7) is 3.66. The maximum absolute atomic E-state index is 12.1. The molecule has 0 saturated heterocycles. The normalized spacial score (nSPS) is 10.1. The molecule has 0 aliphatic heterocycles. The third-order valence-electron chi connectivity index (χ3n) is 3.71. The molecule has 7 heteroatoms. The van der Waals surface area contributed by atoms with Crippen molar-refractivity contribution in [3.63, 3.8) is 0 Å². The van der Waals surface area contributed by atoms with Gasteiger partial charge in [0.15, 0.2) is 5.11 Å². The highest BCUT2D eigenvalue weighted by Crippen LogP contribution is 2.23. The lowest BCUT2D eigenvalue weighted by molar-refractivity contribution is -0.119. The average Bonchev–Trinajstić information content (AvgIpc) is 2.60. The van der Waals surface area contributed by atoms with Gasteiger partial charge in [0.25, 0.3) is 0 Å². The van der Waals surface area contributed by atoms with Gasteiger partial charge in [-0.15, -0.1) is 0 Å². The van der Waals surface area contributed by atoms with Crippen molar-refractivity contribution < 1.29 is 9.59 Å². The number of nitrogens with one attached hydrogen (secondary N) is 3. The minimum atomic E-state index is -0.224. The van der Waals surface area contributed by atoms with Crippen LogP contribution in [-0.4, -0.2) is 16.9 Å². The van der Waals surface area contributed by atoms with E-state index in [2.05, 4.69) is 16.0 Å². The summed E-state index contributed by atoms with van der Waals surface area (Å²) < 4.78 is 0. The zero-order valence-electron chi connectivity index (χ0n) is 14.6. The van der Waals surface area contributed by atoms with Crippen molar-refractivity contribution in [1.29, 1.82) is 0 Å². The molecule has 0 heterocycles. The van der Waals surface area contributed by atoms with Crippen molar-refractivity contribution in [3.05, 3.63) is 58.6 Å². The van der Waals surface area contributed by atoms with Crippen LogP contribution in [0.2, 0.25) is 5.02 Å². The third kappa shape index (κ3) is 5.82. The van der Waals surface area contributed by atoms with Crippen molar-refractivity contribution in [2.45, 2.75) is 26.7 Å². The SMILES string of the molecule is CCC(=O)Nc1cccc(NC(=S)NC(=O)Cc2ccc(Cl)cc2)c1C. The van der Waals surface area contributed by atoms with Crippen LogP contribution in [0.4, 0.5) is 11.4 Å². The number of halogens is 1. The van der Waals surface area contributed by atoms with Crippen molar-refractivity contribution in [3.8, 4) is 0 Å². The van der Waals surface area contributed by atoms with Gasteiger partial charge in [0.1, 0.15) is 0 Å². The topological polar surface area (TPSA) is 70.2 Å². The molecule has 0 aliphatic carbocycles. The predicted molar refractivity (Wildman–Crippen MR) is 110 cm³/mol. The number of anilines is 2. The fraction of sp³-hybridized carbons (Fsp3) is 0.211. The second kappa shape index (κ2) is 9.31. The van der Waals surface area contributed by atoms with Gasteiger partial charge < -0.3 is 16.0 Å². The lowest BCUT2D eigenvalue weighted by atomic mass is 10.1. The zero-order chi connectivity index (χ0) is 19.1. The molecule has 2 aromatic rings. The lowest BCUT2D eigenvalue weighted by Gasteiger charge is -2.15. The van der Waals surface area contributed by atoms with E-state index in [1.165, 1.54) is 0 Å². The molecule has 0 bridgehead atoms. The van der Waals surface area contributed by atoms with Crippen molar-refractivity contribution >= 4 is 52.1 Å².